The highest BCUT2D eigenvalue weighted by atomic mass is 16.5. The van der Waals surface area contributed by atoms with Crippen LogP contribution in [-0.4, -0.2) is 27.6 Å². The Morgan fingerprint density at radius 3 is 2.52 bits per heavy atom. The lowest BCUT2D eigenvalue weighted by molar-refractivity contribution is 0.100. The minimum absolute atomic E-state index is 0.208. The molecule has 120 valence electrons. The molecule has 23 heavy (non-hydrogen) atoms. The van der Waals surface area contributed by atoms with Crippen molar-refractivity contribution >= 4 is 17.1 Å². The number of pyridine rings is 1. The van der Waals surface area contributed by atoms with Crippen molar-refractivity contribution in [1.82, 2.24) is 14.6 Å². The largest absolute Gasteiger partial charge is 0.481 e. The molecule has 4 N–H and O–H groups in total. The van der Waals surface area contributed by atoms with Crippen LogP contribution in [0.2, 0.25) is 0 Å². The molecule has 3 rings (SSSR count). The smallest absolute Gasteiger partial charge is 0.252 e. The molecule has 3 aromatic rings. The van der Waals surface area contributed by atoms with E-state index >= 15 is 0 Å². The molecular weight excluding hydrogens is 294 g/mol. The summed E-state index contributed by atoms with van der Waals surface area (Å²) < 4.78 is 6.62. The Hall–Kier alpha value is -3.09. The van der Waals surface area contributed by atoms with Crippen LogP contribution in [0.5, 0.6) is 5.88 Å². The maximum Gasteiger partial charge on any atom is 0.252 e. The normalized spacial score (nSPS) is 10.0. The van der Waals surface area contributed by atoms with Gasteiger partial charge in [0.2, 0.25) is 5.88 Å². The minimum atomic E-state index is -0.601. The Bertz CT molecular complexity index is 824. The molecule has 0 saturated heterocycles. The van der Waals surface area contributed by atoms with Crippen molar-refractivity contribution in [2.24, 2.45) is 5.73 Å². The zero-order valence-electron chi connectivity index (χ0n) is 13.3. The van der Waals surface area contributed by atoms with Crippen molar-refractivity contribution in [2.75, 3.05) is 12.8 Å². The lowest BCUT2D eigenvalue weighted by atomic mass is 10.1. The number of ether oxygens (including phenoxy) is 1. The van der Waals surface area contributed by atoms with Crippen LogP contribution in [-0.2, 0) is 0 Å². The third kappa shape index (κ3) is 3.08. The molecule has 0 spiro atoms. The standard InChI is InChI=1S/C14H13N5O2.C2H6/c1-21-12-3-2-8(5-17-12)9-4-11-13(15)10(14(16)20)6-18-19(11)7-9;1-2/h2-7H,15H2,1H3,(H2,16,20);1-2H3. The second-order valence-electron chi connectivity index (χ2n) is 4.48. The van der Waals surface area contributed by atoms with E-state index in [4.69, 9.17) is 16.2 Å². The topological polar surface area (TPSA) is 109 Å². The maximum atomic E-state index is 11.3. The van der Waals surface area contributed by atoms with Crippen LogP contribution in [0.15, 0.2) is 36.8 Å². The lowest BCUT2D eigenvalue weighted by Crippen LogP contribution is -2.15. The predicted octanol–water partition coefficient (Wildman–Crippen LogP) is 2.11. The van der Waals surface area contributed by atoms with Crippen molar-refractivity contribution in [3.05, 3.63) is 42.4 Å². The molecule has 0 bridgehead atoms. The quantitative estimate of drug-likeness (QED) is 0.769. The summed E-state index contributed by atoms with van der Waals surface area (Å²) in [4.78, 5) is 15.4. The molecule has 3 aromatic heterocycles. The zero-order valence-corrected chi connectivity index (χ0v) is 13.3. The number of aromatic nitrogens is 3. The summed E-state index contributed by atoms with van der Waals surface area (Å²) in [6.07, 6.45) is 4.86. The number of carbonyl (C=O) groups is 1. The Balaban J connectivity index is 0.000000924. The van der Waals surface area contributed by atoms with Crippen molar-refractivity contribution < 1.29 is 9.53 Å². The fourth-order valence-corrected chi connectivity index (χ4v) is 2.10. The van der Waals surface area contributed by atoms with E-state index in [9.17, 15) is 4.79 Å². The average molecular weight is 313 g/mol. The second kappa shape index (κ2) is 6.78. The third-order valence-electron chi connectivity index (χ3n) is 3.22. The van der Waals surface area contributed by atoms with Gasteiger partial charge in [-0.3, -0.25) is 4.79 Å². The van der Waals surface area contributed by atoms with E-state index in [0.717, 1.165) is 11.1 Å². The van der Waals surface area contributed by atoms with Gasteiger partial charge in [0.1, 0.15) is 0 Å². The van der Waals surface area contributed by atoms with Crippen molar-refractivity contribution in [2.45, 2.75) is 13.8 Å². The molecule has 0 aromatic carbocycles. The summed E-state index contributed by atoms with van der Waals surface area (Å²) in [6, 6.07) is 5.48. The molecule has 3 heterocycles. The number of primary amides is 1. The summed E-state index contributed by atoms with van der Waals surface area (Å²) in [7, 11) is 1.56. The fourth-order valence-electron chi connectivity index (χ4n) is 2.10. The molecule has 0 unspecified atom stereocenters. The van der Waals surface area contributed by atoms with Crippen LogP contribution < -0.4 is 16.2 Å². The van der Waals surface area contributed by atoms with Gasteiger partial charge in [0.05, 0.1) is 30.1 Å². The van der Waals surface area contributed by atoms with Gasteiger partial charge in [0.15, 0.2) is 0 Å². The van der Waals surface area contributed by atoms with Crippen LogP contribution in [0, 0.1) is 0 Å². The summed E-state index contributed by atoms with van der Waals surface area (Å²) in [5, 5.41) is 4.13. The van der Waals surface area contributed by atoms with Gasteiger partial charge in [-0.2, -0.15) is 5.10 Å². The van der Waals surface area contributed by atoms with Crippen LogP contribution >= 0.6 is 0 Å². The molecule has 7 nitrogen and oxygen atoms in total. The second-order valence-corrected chi connectivity index (χ2v) is 4.48. The van der Waals surface area contributed by atoms with Crippen molar-refractivity contribution in [3.8, 4) is 17.0 Å². The van der Waals surface area contributed by atoms with Gasteiger partial charge < -0.3 is 16.2 Å². The molecule has 0 aliphatic carbocycles. The van der Waals surface area contributed by atoms with Crippen LogP contribution in [0.4, 0.5) is 5.69 Å². The number of hydrogen-bond donors (Lipinski definition) is 2. The number of nitrogens with two attached hydrogens (primary N) is 2. The Morgan fingerprint density at radius 1 is 1.22 bits per heavy atom. The van der Waals surface area contributed by atoms with E-state index in [1.807, 2.05) is 26.0 Å². The fraction of sp³-hybridized carbons (Fsp3) is 0.188. The van der Waals surface area contributed by atoms with Crippen LogP contribution in [0.25, 0.3) is 16.6 Å². The van der Waals surface area contributed by atoms with Gasteiger partial charge in [0, 0.05) is 29.6 Å². The van der Waals surface area contributed by atoms with E-state index in [-0.39, 0.29) is 5.56 Å². The first-order valence-electron chi connectivity index (χ1n) is 7.17. The van der Waals surface area contributed by atoms with Crippen LogP contribution in [0.1, 0.15) is 24.2 Å². The first kappa shape index (κ1) is 16.3. The highest BCUT2D eigenvalue weighted by molar-refractivity contribution is 6.01. The maximum absolute atomic E-state index is 11.3. The molecule has 0 fully saturated rings. The van der Waals surface area contributed by atoms with Gasteiger partial charge in [0.25, 0.3) is 5.91 Å². The monoisotopic (exact) mass is 313 g/mol. The zero-order chi connectivity index (χ0) is 17.0. The third-order valence-corrected chi connectivity index (χ3v) is 3.22. The molecule has 0 atom stereocenters. The van der Waals surface area contributed by atoms with Gasteiger partial charge >= 0.3 is 0 Å². The summed E-state index contributed by atoms with van der Waals surface area (Å²) in [5.41, 5.74) is 14.1. The molecule has 7 heteroatoms. The number of methoxy groups -OCH3 is 1. The number of rotatable bonds is 3. The molecule has 0 aliphatic rings. The summed E-state index contributed by atoms with van der Waals surface area (Å²) in [5.74, 6) is -0.0625. The highest BCUT2D eigenvalue weighted by Crippen LogP contribution is 2.26. The molecule has 0 radical (unpaired) electrons. The Morgan fingerprint density at radius 2 is 1.96 bits per heavy atom. The predicted molar refractivity (Wildman–Crippen MR) is 89.3 cm³/mol. The number of carbonyl (C=O) groups excluding carboxylic acids is 1. The average Bonchev–Trinajstić information content (AvgIpc) is 3.02. The number of nitrogen functional groups attached to an aromatic ring is 1. The van der Waals surface area contributed by atoms with Crippen LogP contribution in [0.3, 0.4) is 0 Å². The SMILES string of the molecule is CC.COc1ccc(-c2cc3c(N)c(C(N)=O)cnn3c2)cn1. The first-order chi connectivity index (χ1) is 11.1. The van der Waals surface area contributed by atoms with Gasteiger partial charge in [-0.15, -0.1) is 0 Å². The van der Waals surface area contributed by atoms with Gasteiger partial charge in [-0.25, -0.2) is 9.50 Å². The molecule has 1 amide bonds. The minimum Gasteiger partial charge on any atom is -0.481 e. The molecular formula is C16H19N5O2. The number of anilines is 1. The van der Waals surface area contributed by atoms with Gasteiger partial charge in [-0.1, -0.05) is 13.8 Å². The lowest BCUT2D eigenvalue weighted by Gasteiger charge is -2.02. The number of fused-ring (bicyclic) bond motifs is 1. The first-order valence-corrected chi connectivity index (χ1v) is 7.17. The molecule has 0 aliphatic heterocycles. The van der Waals surface area contributed by atoms with Crippen molar-refractivity contribution in [3.63, 3.8) is 0 Å². The van der Waals surface area contributed by atoms with E-state index < -0.39 is 5.91 Å². The summed E-state index contributed by atoms with van der Waals surface area (Å²) in [6.45, 7) is 4.00. The van der Waals surface area contributed by atoms with Crippen molar-refractivity contribution in [1.29, 1.82) is 0 Å². The highest BCUT2D eigenvalue weighted by Gasteiger charge is 2.12. The van der Waals surface area contributed by atoms with E-state index in [0.29, 0.717) is 17.1 Å². The Labute approximate surface area is 133 Å². The number of nitrogens with zero attached hydrogens (tertiary/aromatic N) is 3. The number of hydrogen-bond acceptors (Lipinski definition) is 5. The van der Waals surface area contributed by atoms with E-state index in [1.54, 1.807) is 30.1 Å². The van der Waals surface area contributed by atoms with E-state index in [1.165, 1.54) is 6.20 Å². The number of amides is 1. The summed E-state index contributed by atoms with van der Waals surface area (Å²) >= 11 is 0. The molecule has 0 saturated carbocycles. The Kier molecular flexibility index (Phi) is 4.80. The van der Waals surface area contributed by atoms with E-state index in [2.05, 4.69) is 10.1 Å². The van der Waals surface area contributed by atoms with Gasteiger partial charge in [-0.05, 0) is 12.1 Å².